The van der Waals surface area contributed by atoms with Gasteiger partial charge in [0.1, 0.15) is 35.4 Å². The fourth-order valence-corrected chi connectivity index (χ4v) is 4.56. The smallest absolute Gasteiger partial charge is 0.144 e. The van der Waals surface area contributed by atoms with Crippen LogP contribution in [0.1, 0.15) is 113 Å². The summed E-state index contributed by atoms with van der Waals surface area (Å²) in [6, 6.07) is 0. The van der Waals surface area contributed by atoms with Crippen LogP contribution >= 0.6 is 0 Å². The summed E-state index contributed by atoms with van der Waals surface area (Å²) in [4.78, 5) is 0. The van der Waals surface area contributed by atoms with Gasteiger partial charge in [-0.05, 0) is 59.3 Å². The molecule has 8 heteroatoms. The van der Waals surface area contributed by atoms with E-state index >= 15 is 0 Å². The second kappa shape index (κ2) is 20.5. The van der Waals surface area contributed by atoms with E-state index in [0.29, 0.717) is 45.9 Å². The van der Waals surface area contributed by atoms with Crippen molar-refractivity contribution in [2.24, 2.45) is 4.40 Å². The van der Waals surface area contributed by atoms with Crippen molar-refractivity contribution in [1.29, 1.82) is 0 Å². The first kappa shape index (κ1) is 34.6. The minimum absolute atomic E-state index is 0.177. The first-order valence-corrected chi connectivity index (χ1v) is 15.9. The molecule has 1 saturated heterocycles. The van der Waals surface area contributed by atoms with E-state index in [1.165, 1.54) is 0 Å². The monoisotopic (exact) mass is 547 g/mol. The average molecular weight is 548 g/mol. The Bertz CT molecular complexity index is 612. The molecule has 0 saturated carbocycles. The van der Waals surface area contributed by atoms with Gasteiger partial charge in [0.15, 0.2) is 0 Å². The fourth-order valence-electron chi connectivity index (χ4n) is 4.00. The molecule has 1 aliphatic rings. The number of unbranched alkanes of at least 4 members (excludes halogenated alkanes) is 4. The molecular weight excluding hydrogens is 490 g/mol. The van der Waals surface area contributed by atoms with Crippen LogP contribution in [0.25, 0.3) is 0 Å². The minimum atomic E-state index is -1.26. The van der Waals surface area contributed by atoms with E-state index < -0.39 is 11.0 Å². The SMILES string of the molecule is CCCCOC[C@H]1O[C@H](CCC=NS(=O)C(C)(C)C)[C@H](OCCCC)[C@@H](OCCCC)[C@H]1OCCCC. The van der Waals surface area contributed by atoms with E-state index in [2.05, 4.69) is 32.1 Å². The maximum Gasteiger partial charge on any atom is 0.144 e. The van der Waals surface area contributed by atoms with Gasteiger partial charge in [-0.15, -0.1) is 0 Å². The third kappa shape index (κ3) is 14.0. The van der Waals surface area contributed by atoms with E-state index in [0.717, 1.165) is 51.4 Å². The van der Waals surface area contributed by atoms with E-state index in [4.69, 9.17) is 23.7 Å². The van der Waals surface area contributed by atoms with Gasteiger partial charge in [-0.3, -0.25) is 0 Å². The van der Waals surface area contributed by atoms with Gasteiger partial charge in [-0.2, -0.15) is 4.40 Å². The Morgan fingerprint density at radius 1 is 0.757 bits per heavy atom. The summed E-state index contributed by atoms with van der Waals surface area (Å²) < 4.78 is 48.4. The molecule has 0 N–H and O–H groups in total. The first-order chi connectivity index (χ1) is 17.8. The summed E-state index contributed by atoms with van der Waals surface area (Å²) in [5.41, 5.74) is 0. The molecule has 1 heterocycles. The van der Waals surface area contributed by atoms with E-state index in [-0.39, 0.29) is 35.3 Å². The summed E-state index contributed by atoms with van der Waals surface area (Å²) in [6.45, 7) is 17.7. The number of hydrogen-bond acceptors (Lipinski definition) is 6. The van der Waals surface area contributed by atoms with Gasteiger partial charge in [-0.1, -0.05) is 53.4 Å². The molecule has 0 aromatic rings. The highest BCUT2D eigenvalue weighted by molar-refractivity contribution is 7.85. The molecule has 0 aromatic carbocycles. The number of hydrogen-bond donors (Lipinski definition) is 0. The van der Waals surface area contributed by atoms with Crippen LogP contribution in [0.2, 0.25) is 0 Å². The molecule has 0 aliphatic carbocycles. The molecule has 0 radical (unpaired) electrons. The molecule has 7 nitrogen and oxygen atoms in total. The fraction of sp³-hybridized carbons (Fsp3) is 0.966. The van der Waals surface area contributed by atoms with Gasteiger partial charge >= 0.3 is 0 Å². The number of ether oxygens (including phenoxy) is 5. The zero-order chi connectivity index (χ0) is 27.5. The summed E-state index contributed by atoms with van der Waals surface area (Å²) >= 11 is 0. The van der Waals surface area contributed by atoms with Crippen LogP contribution in [-0.4, -0.2) is 78.7 Å². The van der Waals surface area contributed by atoms with Crippen LogP contribution in [-0.2, 0) is 34.7 Å². The van der Waals surface area contributed by atoms with Crippen LogP contribution in [0, 0.1) is 0 Å². The van der Waals surface area contributed by atoms with Crippen molar-refractivity contribution in [3.05, 3.63) is 0 Å². The highest BCUT2D eigenvalue weighted by atomic mass is 32.2. The van der Waals surface area contributed by atoms with Gasteiger partial charge in [0, 0.05) is 32.6 Å². The predicted molar refractivity (Wildman–Crippen MR) is 154 cm³/mol. The van der Waals surface area contributed by atoms with Crippen molar-refractivity contribution >= 4 is 17.2 Å². The zero-order valence-corrected chi connectivity index (χ0v) is 25.7. The Kier molecular flexibility index (Phi) is 19.2. The Hall–Kier alpha value is -0.380. The summed E-state index contributed by atoms with van der Waals surface area (Å²) in [5.74, 6) is 0. The van der Waals surface area contributed by atoms with E-state index in [1.54, 1.807) is 6.21 Å². The van der Waals surface area contributed by atoms with Gasteiger partial charge < -0.3 is 23.7 Å². The molecule has 1 aliphatic heterocycles. The van der Waals surface area contributed by atoms with Crippen LogP contribution in [0.4, 0.5) is 0 Å². The lowest BCUT2D eigenvalue weighted by atomic mass is 9.92. The third-order valence-electron chi connectivity index (χ3n) is 6.35. The summed E-state index contributed by atoms with van der Waals surface area (Å²) in [5, 5.41) is 0. The maximum atomic E-state index is 12.3. The summed E-state index contributed by atoms with van der Waals surface area (Å²) in [7, 11) is -1.26. The van der Waals surface area contributed by atoms with Crippen LogP contribution in [0.15, 0.2) is 4.40 Å². The second-order valence-corrected chi connectivity index (χ2v) is 12.9. The van der Waals surface area contributed by atoms with Gasteiger partial charge in [0.2, 0.25) is 0 Å². The Labute approximate surface area is 230 Å². The molecule has 37 heavy (non-hydrogen) atoms. The first-order valence-electron chi connectivity index (χ1n) is 14.8. The van der Waals surface area contributed by atoms with Crippen molar-refractivity contribution < 1.29 is 27.9 Å². The number of nitrogens with zero attached hydrogens (tertiary/aromatic N) is 1. The largest absolute Gasteiger partial charge is 0.379 e. The lowest BCUT2D eigenvalue weighted by molar-refractivity contribution is -0.266. The van der Waals surface area contributed by atoms with E-state index in [1.807, 2.05) is 20.8 Å². The normalized spacial score (nSPS) is 25.6. The molecule has 1 rings (SSSR count). The maximum absolute atomic E-state index is 12.3. The molecule has 0 spiro atoms. The number of rotatable bonds is 21. The predicted octanol–water partition coefficient (Wildman–Crippen LogP) is 6.44. The molecule has 0 bridgehead atoms. The highest BCUT2D eigenvalue weighted by Gasteiger charge is 2.47. The minimum Gasteiger partial charge on any atom is -0.379 e. The third-order valence-corrected chi connectivity index (χ3v) is 7.74. The van der Waals surface area contributed by atoms with Gasteiger partial charge in [0.05, 0.1) is 17.5 Å². The standard InChI is InChI=1S/C29H57NO6S/c1-8-12-19-32-23-25-27(34-21-14-10-3)28(35-22-15-11-4)26(33-20-13-9-2)24(36-25)17-16-18-30-37(31)29(5,6)7/h18,24-28H,8-17,19-23H2,1-7H3/t24-,25-,26+,27+,28-,37?/m1/s1. The Morgan fingerprint density at radius 3 is 1.76 bits per heavy atom. The topological polar surface area (TPSA) is 75.6 Å². The quantitative estimate of drug-likeness (QED) is 0.122. The van der Waals surface area contributed by atoms with Crippen LogP contribution in [0.5, 0.6) is 0 Å². The molecule has 1 fully saturated rings. The molecule has 0 amide bonds. The van der Waals surface area contributed by atoms with Crippen molar-refractivity contribution in [2.45, 2.75) is 148 Å². The average Bonchev–Trinajstić information content (AvgIpc) is 2.86. The van der Waals surface area contributed by atoms with Crippen molar-refractivity contribution in [3.8, 4) is 0 Å². The zero-order valence-electron chi connectivity index (χ0n) is 24.9. The molecule has 1 unspecified atom stereocenters. The van der Waals surface area contributed by atoms with Gasteiger partial charge in [0.25, 0.3) is 0 Å². The van der Waals surface area contributed by atoms with Crippen molar-refractivity contribution in [2.75, 3.05) is 33.0 Å². The molecule has 220 valence electrons. The highest BCUT2D eigenvalue weighted by Crippen LogP contribution is 2.31. The lowest BCUT2D eigenvalue weighted by Crippen LogP contribution is -2.61. The second-order valence-electron chi connectivity index (χ2n) is 10.9. The summed E-state index contributed by atoms with van der Waals surface area (Å²) in [6.07, 6.45) is 10.3. The lowest BCUT2D eigenvalue weighted by Gasteiger charge is -2.46. The van der Waals surface area contributed by atoms with Gasteiger partial charge in [-0.25, -0.2) is 4.21 Å². The van der Waals surface area contributed by atoms with Crippen molar-refractivity contribution in [1.82, 2.24) is 0 Å². The molecule has 0 aromatic heterocycles. The molecule has 6 atom stereocenters. The van der Waals surface area contributed by atoms with Crippen LogP contribution in [0.3, 0.4) is 0 Å². The van der Waals surface area contributed by atoms with E-state index in [9.17, 15) is 4.21 Å². The Balaban J connectivity index is 3.12. The Morgan fingerprint density at radius 2 is 1.24 bits per heavy atom. The van der Waals surface area contributed by atoms with Crippen molar-refractivity contribution in [3.63, 3.8) is 0 Å². The molecular formula is C29H57NO6S. The van der Waals surface area contributed by atoms with Crippen LogP contribution < -0.4 is 0 Å².